The maximum atomic E-state index is 9.65. The van der Waals surface area contributed by atoms with Crippen molar-refractivity contribution in [1.29, 1.82) is 0 Å². The molecule has 0 aliphatic carbocycles. The lowest BCUT2D eigenvalue weighted by molar-refractivity contribution is 0.148. The van der Waals surface area contributed by atoms with Gasteiger partial charge < -0.3 is 5.11 Å². The largest absolute Gasteiger partial charge is 0.393 e. The summed E-state index contributed by atoms with van der Waals surface area (Å²) >= 11 is 0. The van der Waals surface area contributed by atoms with Crippen LogP contribution in [-0.2, 0) is 0 Å². The van der Waals surface area contributed by atoms with E-state index < -0.39 is 0 Å². The Hall–Kier alpha value is -0.480. The smallest absolute Gasteiger partial charge is 0.0540 e. The van der Waals surface area contributed by atoms with E-state index in [-0.39, 0.29) is 6.10 Å². The van der Waals surface area contributed by atoms with Gasteiger partial charge in [0.2, 0.25) is 0 Å². The van der Waals surface area contributed by atoms with Crippen LogP contribution >= 0.6 is 0 Å². The summed E-state index contributed by atoms with van der Waals surface area (Å²) in [6, 6.07) is 0. The maximum absolute atomic E-state index is 9.65. The fraction of sp³-hybridized carbons (Fsp3) is 0.867. The third-order valence-corrected chi connectivity index (χ3v) is 3.00. The van der Waals surface area contributed by atoms with Crippen LogP contribution in [0.5, 0.6) is 0 Å². The first-order valence-electron chi connectivity index (χ1n) is 6.92. The zero-order valence-electron chi connectivity index (χ0n) is 10.9. The Morgan fingerprint density at radius 2 is 1.50 bits per heavy atom. The van der Waals surface area contributed by atoms with Crippen molar-refractivity contribution in [2.45, 2.75) is 83.7 Å². The van der Waals surface area contributed by atoms with Crippen molar-refractivity contribution in [3.63, 3.8) is 0 Å². The minimum absolute atomic E-state index is 0.121. The molecular weight excluding hydrogens is 196 g/mol. The number of hydrogen-bond donors (Lipinski definition) is 1. The molecule has 1 unspecified atom stereocenters. The van der Waals surface area contributed by atoms with Gasteiger partial charge in [-0.25, -0.2) is 0 Å². The van der Waals surface area contributed by atoms with Crippen molar-refractivity contribution >= 4 is 0 Å². The molecule has 0 rings (SSSR count). The fourth-order valence-corrected chi connectivity index (χ4v) is 1.92. The van der Waals surface area contributed by atoms with Crippen LogP contribution in [0.3, 0.4) is 0 Å². The summed E-state index contributed by atoms with van der Waals surface area (Å²) in [6.07, 6.45) is 17.8. The molecule has 94 valence electrons. The minimum atomic E-state index is -0.121. The third-order valence-electron chi connectivity index (χ3n) is 3.00. The van der Waals surface area contributed by atoms with Gasteiger partial charge in [0.15, 0.2) is 0 Å². The van der Waals surface area contributed by atoms with Gasteiger partial charge in [-0.05, 0) is 19.3 Å². The minimum Gasteiger partial charge on any atom is -0.393 e. The second-order valence-corrected chi connectivity index (χ2v) is 4.66. The third kappa shape index (κ3) is 11.6. The molecule has 0 aromatic heterocycles. The van der Waals surface area contributed by atoms with E-state index in [1.54, 1.807) is 0 Å². The average Bonchev–Trinajstić information content (AvgIpc) is 2.28. The van der Waals surface area contributed by atoms with Gasteiger partial charge >= 0.3 is 0 Å². The van der Waals surface area contributed by atoms with Gasteiger partial charge in [-0.2, -0.15) is 0 Å². The Morgan fingerprint density at radius 3 is 2.12 bits per heavy atom. The van der Waals surface area contributed by atoms with Crippen molar-refractivity contribution in [3.05, 3.63) is 0 Å². The lowest BCUT2D eigenvalue weighted by atomic mass is 10.0. The molecule has 0 aliphatic heterocycles. The normalized spacial score (nSPS) is 12.3. The van der Waals surface area contributed by atoms with E-state index in [4.69, 9.17) is 6.42 Å². The Kier molecular flexibility index (Phi) is 12.2. The Labute approximate surface area is 102 Å². The van der Waals surface area contributed by atoms with Gasteiger partial charge in [0.05, 0.1) is 6.10 Å². The molecule has 0 saturated carbocycles. The van der Waals surface area contributed by atoms with E-state index >= 15 is 0 Å². The van der Waals surface area contributed by atoms with Crippen LogP contribution < -0.4 is 0 Å². The Morgan fingerprint density at radius 1 is 0.938 bits per heavy atom. The highest BCUT2D eigenvalue weighted by Crippen LogP contribution is 2.12. The molecule has 0 saturated heterocycles. The van der Waals surface area contributed by atoms with E-state index in [1.165, 1.54) is 44.9 Å². The molecule has 1 N–H and O–H groups in total. The predicted octanol–water partition coefficient (Wildman–Crippen LogP) is 4.29. The molecule has 1 atom stereocenters. The van der Waals surface area contributed by atoms with E-state index in [0.29, 0.717) is 0 Å². The molecule has 0 fully saturated rings. The zero-order valence-corrected chi connectivity index (χ0v) is 10.9. The van der Waals surface area contributed by atoms with Gasteiger partial charge in [-0.3, -0.25) is 0 Å². The van der Waals surface area contributed by atoms with Gasteiger partial charge in [0.1, 0.15) is 0 Å². The van der Waals surface area contributed by atoms with Gasteiger partial charge in [0, 0.05) is 6.42 Å². The van der Waals surface area contributed by atoms with E-state index in [9.17, 15) is 5.11 Å². The molecule has 0 aliphatic rings. The molecule has 0 amide bonds. The van der Waals surface area contributed by atoms with Crippen LogP contribution in [0.15, 0.2) is 0 Å². The van der Waals surface area contributed by atoms with Gasteiger partial charge in [-0.15, -0.1) is 12.3 Å². The topological polar surface area (TPSA) is 20.2 Å². The van der Waals surface area contributed by atoms with E-state index in [1.807, 2.05) is 0 Å². The first kappa shape index (κ1) is 15.5. The average molecular weight is 224 g/mol. The summed E-state index contributed by atoms with van der Waals surface area (Å²) in [7, 11) is 0. The van der Waals surface area contributed by atoms with Crippen LogP contribution in [-0.4, -0.2) is 11.2 Å². The lowest BCUT2D eigenvalue weighted by Crippen LogP contribution is -2.05. The second-order valence-electron chi connectivity index (χ2n) is 4.66. The van der Waals surface area contributed by atoms with Crippen LogP contribution in [0, 0.1) is 12.3 Å². The summed E-state index contributed by atoms with van der Waals surface area (Å²) in [6.45, 7) is 2.24. The van der Waals surface area contributed by atoms with Gasteiger partial charge in [0.25, 0.3) is 0 Å². The first-order chi connectivity index (χ1) is 7.81. The van der Waals surface area contributed by atoms with Crippen LogP contribution in [0.1, 0.15) is 77.6 Å². The van der Waals surface area contributed by atoms with Crippen LogP contribution in [0.2, 0.25) is 0 Å². The molecule has 0 heterocycles. The fourth-order valence-electron chi connectivity index (χ4n) is 1.92. The summed E-state index contributed by atoms with van der Waals surface area (Å²) in [5, 5.41) is 9.65. The predicted molar refractivity (Wildman–Crippen MR) is 71.3 cm³/mol. The van der Waals surface area contributed by atoms with Crippen LogP contribution in [0.25, 0.3) is 0 Å². The van der Waals surface area contributed by atoms with E-state index in [0.717, 1.165) is 25.7 Å². The summed E-state index contributed by atoms with van der Waals surface area (Å²) < 4.78 is 0. The number of unbranched alkanes of at least 4 members (excludes halogenated alkanes) is 7. The molecule has 0 aromatic rings. The van der Waals surface area contributed by atoms with Crippen LogP contribution in [0.4, 0.5) is 0 Å². The summed E-state index contributed by atoms with van der Waals surface area (Å²) in [4.78, 5) is 0. The molecule has 0 spiro atoms. The number of rotatable bonds is 11. The number of aliphatic hydroxyl groups excluding tert-OH is 1. The molecule has 0 radical (unpaired) electrons. The number of hydrogen-bond acceptors (Lipinski definition) is 1. The first-order valence-corrected chi connectivity index (χ1v) is 6.92. The van der Waals surface area contributed by atoms with Crippen molar-refractivity contribution in [2.75, 3.05) is 0 Å². The quantitative estimate of drug-likeness (QED) is 0.410. The number of terminal acetylenes is 1. The van der Waals surface area contributed by atoms with Crippen molar-refractivity contribution in [2.24, 2.45) is 0 Å². The highest BCUT2D eigenvalue weighted by Gasteiger charge is 2.02. The number of aliphatic hydroxyl groups is 1. The maximum Gasteiger partial charge on any atom is 0.0540 e. The highest BCUT2D eigenvalue weighted by molar-refractivity contribution is 4.83. The summed E-state index contributed by atoms with van der Waals surface area (Å²) in [5.74, 6) is 2.61. The highest BCUT2D eigenvalue weighted by atomic mass is 16.3. The monoisotopic (exact) mass is 224 g/mol. The molecule has 0 bridgehead atoms. The lowest BCUT2D eigenvalue weighted by Gasteiger charge is -2.09. The Bertz CT molecular complexity index is 169. The second kappa shape index (κ2) is 12.6. The Balaban J connectivity index is 3.09. The molecule has 1 heteroatoms. The SMILES string of the molecule is C#CCCCC(O)CCCCCCCCC. The standard InChI is InChI=1S/C15H28O/c1-3-5-7-8-9-10-12-14-15(16)13-11-6-4-2/h2,15-16H,3,5-14H2,1H3. The van der Waals surface area contributed by atoms with Gasteiger partial charge in [-0.1, -0.05) is 51.9 Å². The van der Waals surface area contributed by atoms with E-state index in [2.05, 4.69) is 12.8 Å². The van der Waals surface area contributed by atoms with Crippen molar-refractivity contribution in [3.8, 4) is 12.3 Å². The van der Waals surface area contributed by atoms with Crippen molar-refractivity contribution < 1.29 is 5.11 Å². The molecule has 0 aromatic carbocycles. The van der Waals surface area contributed by atoms with Crippen molar-refractivity contribution in [1.82, 2.24) is 0 Å². The summed E-state index contributed by atoms with van der Waals surface area (Å²) in [5.41, 5.74) is 0. The molecule has 1 nitrogen and oxygen atoms in total. The molecular formula is C15H28O. The zero-order chi connectivity index (χ0) is 12.1. The molecule has 16 heavy (non-hydrogen) atoms.